The number of esters is 2. The predicted octanol–water partition coefficient (Wildman–Crippen LogP) is 1.22. The van der Waals surface area contributed by atoms with Gasteiger partial charge in [0, 0.05) is 18.1 Å². The SMILES string of the molecule is C=CC(=O)OCCCOC(=O)C(=C)C. The van der Waals surface area contributed by atoms with Gasteiger partial charge < -0.3 is 9.47 Å². The van der Waals surface area contributed by atoms with E-state index in [0.29, 0.717) is 12.0 Å². The van der Waals surface area contributed by atoms with Crippen molar-refractivity contribution in [3.05, 3.63) is 24.8 Å². The molecule has 0 aliphatic carbocycles. The van der Waals surface area contributed by atoms with Crippen LogP contribution in [0.15, 0.2) is 24.8 Å². The Morgan fingerprint density at radius 1 is 1.29 bits per heavy atom. The Balaban J connectivity index is 3.38. The molecule has 0 aromatic heterocycles. The summed E-state index contributed by atoms with van der Waals surface area (Å²) in [5.41, 5.74) is 0.355. The lowest BCUT2D eigenvalue weighted by Crippen LogP contribution is -2.09. The number of rotatable bonds is 6. The van der Waals surface area contributed by atoms with E-state index >= 15 is 0 Å². The fourth-order valence-corrected chi connectivity index (χ4v) is 0.579. The van der Waals surface area contributed by atoms with Gasteiger partial charge in [-0.25, -0.2) is 9.59 Å². The molecule has 0 aromatic carbocycles. The second-order valence-corrected chi connectivity index (χ2v) is 2.64. The van der Waals surface area contributed by atoms with E-state index in [2.05, 4.69) is 17.9 Å². The van der Waals surface area contributed by atoms with Gasteiger partial charge in [-0.3, -0.25) is 0 Å². The molecule has 4 nitrogen and oxygen atoms in total. The van der Waals surface area contributed by atoms with Crippen molar-refractivity contribution in [2.75, 3.05) is 13.2 Å². The Hall–Kier alpha value is -1.58. The van der Waals surface area contributed by atoms with E-state index in [9.17, 15) is 9.59 Å². The standard InChI is InChI=1S/C10H14O4/c1-4-9(11)13-6-5-7-14-10(12)8(2)3/h4H,1-2,5-7H2,3H3. The molecule has 0 aliphatic heterocycles. The van der Waals surface area contributed by atoms with Crippen LogP contribution >= 0.6 is 0 Å². The Bertz CT molecular complexity index is 243. The highest BCUT2D eigenvalue weighted by molar-refractivity contribution is 5.86. The van der Waals surface area contributed by atoms with Crippen LogP contribution in [0.3, 0.4) is 0 Å². The quantitative estimate of drug-likeness (QED) is 0.366. The van der Waals surface area contributed by atoms with Crippen molar-refractivity contribution in [3.63, 3.8) is 0 Å². The van der Waals surface area contributed by atoms with Crippen LogP contribution in [0.2, 0.25) is 0 Å². The normalized spacial score (nSPS) is 8.93. The van der Waals surface area contributed by atoms with Gasteiger partial charge in [0.05, 0.1) is 13.2 Å². The van der Waals surface area contributed by atoms with Gasteiger partial charge in [0.15, 0.2) is 0 Å². The second kappa shape index (κ2) is 6.88. The molecule has 0 saturated heterocycles. The molecule has 0 radical (unpaired) electrons. The van der Waals surface area contributed by atoms with Gasteiger partial charge in [0.2, 0.25) is 0 Å². The maximum Gasteiger partial charge on any atom is 0.333 e. The smallest absolute Gasteiger partial charge is 0.333 e. The first-order valence-corrected chi connectivity index (χ1v) is 4.19. The minimum Gasteiger partial charge on any atom is -0.462 e. The Morgan fingerprint density at radius 3 is 2.36 bits per heavy atom. The van der Waals surface area contributed by atoms with Crippen molar-refractivity contribution >= 4 is 11.9 Å². The molecule has 14 heavy (non-hydrogen) atoms. The molecule has 0 rings (SSSR count). The number of carbonyl (C=O) groups is 2. The molecule has 0 unspecified atom stereocenters. The molecule has 0 N–H and O–H groups in total. The molecule has 0 fully saturated rings. The van der Waals surface area contributed by atoms with Crippen molar-refractivity contribution in [1.29, 1.82) is 0 Å². The first-order chi connectivity index (χ1) is 6.57. The first kappa shape index (κ1) is 12.4. The molecule has 0 saturated carbocycles. The van der Waals surface area contributed by atoms with Crippen LogP contribution in [0.25, 0.3) is 0 Å². The van der Waals surface area contributed by atoms with Crippen molar-refractivity contribution in [3.8, 4) is 0 Å². The van der Waals surface area contributed by atoms with E-state index in [-0.39, 0.29) is 13.2 Å². The third-order valence-electron chi connectivity index (χ3n) is 1.28. The molecule has 0 aromatic rings. The average Bonchev–Trinajstić information content (AvgIpc) is 2.16. The summed E-state index contributed by atoms with van der Waals surface area (Å²) < 4.78 is 9.43. The minimum absolute atomic E-state index is 0.217. The summed E-state index contributed by atoms with van der Waals surface area (Å²) in [5, 5.41) is 0. The largest absolute Gasteiger partial charge is 0.462 e. The highest BCUT2D eigenvalue weighted by atomic mass is 16.5. The first-order valence-electron chi connectivity index (χ1n) is 4.19. The van der Waals surface area contributed by atoms with Gasteiger partial charge in [0.25, 0.3) is 0 Å². The summed E-state index contributed by atoms with van der Waals surface area (Å²) >= 11 is 0. The van der Waals surface area contributed by atoms with Crippen LogP contribution in [0, 0.1) is 0 Å². The second-order valence-electron chi connectivity index (χ2n) is 2.64. The summed E-state index contributed by atoms with van der Waals surface area (Å²) in [5.74, 6) is -0.906. The van der Waals surface area contributed by atoms with Gasteiger partial charge in [-0.15, -0.1) is 0 Å². The highest BCUT2D eigenvalue weighted by Crippen LogP contribution is 1.93. The van der Waals surface area contributed by atoms with E-state index in [0.717, 1.165) is 6.08 Å². The molecule has 78 valence electrons. The molecule has 0 heterocycles. The van der Waals surface area contributed by atoms with Crippen LogP contribution in [0.4, 0.5) is 0 Å². The van der Waals surface area contributed by atoms with E-state index in [1.807, 2.05) is 0 Å². The van der Waals surface area contributed by atoms with Crippen LogP contribution in [0.1, 0.15) is 13.3 Å². The zero-order valence-corrected chi connectivity index (χ0v) is 8.25. The van der Waals surface area contributed by atoms with Crippen LogP contribution < -0.4 is 0 Å². The Labute approximate surface area is 83.2 Å². The third-order valence-corrected chi connectivity index (χ3v) is 1.28. The molecule has 4 heteroatoms. The number of carbonyl (C=O) groups excluding carboxylic acids is 2. The van der Waals surface area contributed by atoms with Crippen molar-refractivity contribution in [2.24, 2.45) is 0 Å². The zero-order valence-electron chi connectivity index (χ0n) is 8.25. The number of hydrogen-bond donors (Lipinski definition) is 0. The van der Waals surface area contributed by atoms with Gasteiger partial charge in [-0.05, 0) is 6.92 Å². The number of hydrogen-bond acceptors (Lipinski definition) is 4. The predicted molar refractivity (Wildman–Crippen MR) is 51.5 cm³/mol. The summed E-state index contributed by atoms with van der Waals surface area (Å²) in [6.45, 7) is 8.67. The summed E-state index contributed by atoms with van der Waals surface area (Å²) in [6.07, 6.45) is 1.55. The van der Waals surface area contributed by atoms with Crippen LogP contribution in [-0.2, 0) is 19.1 Å². The lowest BCUT2D eigenvalue weighted by Gasteiger charge is -2.04. The van der Waals surface area contributed by atoms with Crippen molar-refractivity contribution < 1.29 is 19.1 Å². The lowest BCUT2D eigenvalue weighted by atomic mass is 10.4. The van der Waals surface area contributed by atoms with Gasteiger partial charge >= 0.3 is 11.9 Å². The summed E-state index contributed by atoms with van der Waals surface area (Å²) in [7, 11) is 0. The lowest BCUT2D eigenvalue weighted by molar-refractivity contribution is -0.140. The van der Waals surface area contributed by atoms with E-state index < -0.39 is 11.9 Å². The molecule has 0 atom stereocenters. The van der Waals surface area contributed by atoms with E-state index in [4.69, 9.17) is 4.74 Å². The van der Waals surface area contributed by atoms with Crippen molar-refractivity contribution in [2.45, 2.75) is 13.3 Å². The third kappa shape index (κ3) is 5.99. The fraction of sp³-hybridized carbons (Fsp3) is 0.400. The molecule has 0 aliphatic rings. The van der Waals surface area contributed by atoms with Gasteiger partial charge in [-0.2, -0.15) is 0 Å². The number of ether oxygens (including phenoxy) is 2. The molecular formula is C10H14O4. The minimum atomic E-state index is -0.476. The van der Waals surface area contributed by atoms with Gasteiger partial charge in [-0.1, -0.05) is 13.2 Å². The molecule has 0 spiro atoms. The highest BCUT2D eigenvalue weighted by Gasteiger charge is 2.02. The zero-order chi connectivity index (χ0) is 11.0. The Morgan fingerprint density at radius 2 is 1.86 bits per heavy atom. The topological polar surface area (TPSA) is 52.6 Å². The van der Waals surface area contributed by atoms with Crippen LogP contribution in [0.5, 0.6) is 0 Å². The maximum atomic E-state index is 10.9. The van der Waals surface area contributed by atoms with E-state index in [1.165, 1.54) is 0 Å². The Kier molecular flexibility index (Phi) is 6.11. The maximum absolute atomic E-state index is 10.9. The summed E-state index contributed by atoms with van der Waals surface area (Å²) in [4.78, 5) is 21.4. The monoisotopic (exact) mass is 198 g/mol. The summed E-state index contributed by atoms with van der Waals surface area (Å²) in [6, 6.07) is 0. The van der Waals surface area contributed by atoms with Crippen LogP contribution in [-0.4, -0.2) is 25.2 Å². The van der Waals surface area contributed by atoms with E-state index in [1.54, 1.807) is 6.92 Å². The molecule has 0 bridgehead atoms. The van der Waals surface area contributed by atoms with Crippen molar-refractivity contribution in [1.82, 2.24) is 0 Å². The van der Waals surface area contributed by atoms with Gasteiger partial charge in [0.1, 0.15) is 0 Å². The fourth-order valence-electron chi connectivity index (χ4n) is 0.579. The molecule has 0 amide bonds. The molecular weight excluding hydrogens is 184 g/mol. The average molecular weight is 198 g/mol.